The number of likely N-dealkylation sites (N-methyl/N-ethyl adjacent to an activating group) is 1. The van der Waals surface area contributed by atoms with Gasteiger partial charge in [0.2, 0.25) is 5.75 Å². The summed E-state index contributed by atoms with van der Waals surface area (Å²) < 4.78 is 22.3. The number of piperazine rings is 1. The van der Waals surface area contributed by atoms with Crippen molar-refractivity contribution in [3.05, 3.63) is 17.7 Å². The molecule has 1 atom stereocenters. The molecule has 1 N–H and O–H groups in total. The lowest BCUT2D eigenvalue weighted by Crippen LogP contribution is -2.54. The number of hydrogen-bond acceptors (Lipinski definition) is 7. The number of rotatable bonds is 7. The van der Waals surface area contributed by atoms with Gasteiger partial charge in [-0.15, -0.1) is 0 Å². The number of ether oxygens (including phenoxy) is 4. The van der Waals surface area contributed by atoms with E-state index in [1.54, 1.807) is 21.3 Å². The molecular formula is C22H37N5O4. The van der Waals surface area contributed by atoms with E-state index in [1.165, 1.54) is 0 Å². The van der Waals surface area contributed by atoms with Crippen molar-refractivity contribution in [2.45, 2.75) is 12.6 Å². The second-order valence-electron chi connectivity index (χ2n) is 7.98. The van der Waals surface area contributed by atoms with E-state index in [4.69, 9.17) is 18.9 Å². The minimum atomic E-state index is 0.205. The predicted molar refractivity (Wildman–Crippen MR) is 122 cm³/mol. The molecule has 174 valence electrons. The van der Waals surface area contributed by atoms with E-state index in [-0.39, 0.29) is 6.10 Å². The van der Waals surface area contributed by atoms with Gasteiger partial charge in [0, 0.05) is 59.4 Å². The van der Waals surface area contributed by atoms with Crippen molar-refractivity contribution in [2.24, 2.45) is 4.99 Å². The smallest absolute Gasteiger partial charge is 0.203 e. The second-order valence-corrected chi connectivity index (χ2v) is 7.98. The average Bonchev–Trinajstić information content (AvgIpc) is 2.79. The Morgan fingerprint density at radius 2 is 1.74 bits per heavy atom. The highest BCUT2D eigenvalue weighted by Crippen LogP contribution is 2.38. The zero-order valence-electron chi connectivity index (χ0n) is 19.5. The Morgan fingerprint density at radius 1 is 1.06 bits per heavy atom. The molecule has 0 aromatic heterocycles. The fourth-order valence-corrected chi connectivity index (χ4v) is 4.13. The van der Waals surface area contributed by atoms with Crippen LogP contribution >= 0.6 is 0 Å². The third-order valence-electron chi connectivity index (χ3n) is 5.84. The molecule has 2 saturated heterocycles. The van der Waals surface area contributed by atoms with Crippen molar-refractivity contribution in [3.8, 4) is 17.2 Å². The molecule has 1 aromatic rings. The van der Waals surface area contributed by atoms with Gasteiger partial charge in [0.05, 0.1) is 34.0 Å². The summed E-state index contributed by atoms with van der Waals surface area (Å²) in [7, 11) is 8.90. The van der Waals surface area contributed by atoms with Crippen LogP contribution in [0.3, 0.4) is 0 Å². The Hall–Kier alpha value is -2.23. The maximum Gasteiger partial charge on any atom is 0.203 e. The lowest BCUT2D eigenvalue weighted by Gasteiger charge is -2.37. The first-order valence-corrected chi connectivity index (χ1v) is 10.8. The van der Waals surface area contributed by atoms with E-state index in [9.17, 15) is 0 Å². The molecule has 1 unspecified atom stereocenters. The van der Waals surface area contributed by atoms with Crippen LogP contribution < -0.4 is 19.5 Å². The first-order valence-electron chi connectivity index (χ1n) is 10.8. The van der Waals surface area contributed by atoms with E-state index < -0.39 is 0 Å². The maximum atomic E-state index is 5.85. The molecule has 9 nitrogen and oxygen atoms in total. The van der Waals surface area contributed by atoms with E-state index in [1.807, 2.05) is 19.2 Å². The Bertz CT molecular complexity index is 712. The van der Waals surface area contributed by atoms with E-state index in [0.29, 0.717) is 17.2 Å². The molecule has 2 aliphatic rings. The first kappa shape index (κ1) is 23.4. The van der Waals surface area contributed by atoms with Gasteiger partial charge in [-0.05, 0) is 24.7 Å². The highest BCUT2D eigenvalue weighted by molar-refractivity contribution is 5.80. The summed E-state index contributed by atoms with van der Waals surface area (Å²) in [5.74, 6) is 2.96. The molecule has 0 radical (unpaired) electrons. The zero-order chi connectivity index (χ0) is 22.2. The molecule has 0 saturated carbocycles. The number of aliphatic imine (C=N–C) groups is 1. The lowest BCUT2D eigenvalue weighted by molar-refractivity contribution is -0.0164. The molecule has 2 fully saturated rings. The topological polar surface area (TPSA) is 71.0 Å². The Labute approximate surface area is 185 Å². The number of morpholine rings is 1. The molecule has 0 spiro atoms. The highest BCUT2D eigenvalue weighted by atomic mass is 16.5. The zero-order valence-corrected chi connectivity index (χ0v) is 19.5. The number of nitrogens with zero attached hydrogens (tertiary/aromatic N) is 4. The van der Waals surface area contributed by atoms with Gasteiger partial charge in [0.15, 0.2) is 17.5 Å². The van der Waals surface area contributed by atoms with Gasteiger partial charge in [-0.3, -0.25) is 9.89 Å². The van der Waals surface area contributed by atoms with Crippen molar-refractivity contribution in [1.29, 1.82) is 0 Å². The normalized spacial score (nSPS) is 21.1. The lowest BCUT2D eigenvalue weighted by atomic mass is 10.1. The molecule has 1 aromatic carbocycles. The van der Waals surface area contributed by atoms with Gasteiger partial charge in [-0.2, -0.15) is 0 Å². The van der Waals surface area contributed by atoms with E-state index >= 15 is 0 Å². The average molecular weight is 436 g/mol. The van der Waals surface area contributed by atoms with E-state index in [2.05, 4.69) is 32.1 Å². The fraction of sp³-hybridized carbons (Fsp3) is 0.682. The summed E-state index contributed by atoms with van der Waals surface area (Å²) >= 11 is 0. The summed E-state index contributed by atoms with van der Waals surface area (Å²) in [6.07, 6.45) is 0.205. The SMILES string of the molecule is CN=C(NCC1CN(C)CCO1)N1CCN(Cc2cc(OC)c(OC)c(OC)c2)CC1. The van der Waals surface area contributed by atoms with Crippen LogP contribution in [0.5, 0.6) is 17.2 Å². The van der Waals surface area contributed by atoms with Gasteiger partial charge in [0.25, 0.3) is 0 Å². The second kappa shape index (κ2) is 11.4. The predicted octanol–water partition coefficient (Wildman–Crippen LogP) is 0.736. The number of benzene rings is 1. The summed E-state index contributed by atoms with van der Waals surface area (Å²) in [6, 6.07) is 4.05. The fourth-order valence-electron chi connectivity index (χ4n) is 4.13. The largest absolute Gasteiger partial charge is 0.493 e. The highest BCUT2D eigenvalue weighted by Gasteiger charge is 2.23. The minimum Gasteiger partial charge on any atom is -0.493 e. The molecular weight excluding hydrogens is 398 g/mol. The Kier molecular flexibility index (Phi) is 8.62. The molecule has 0 aliphatic carbocycles. The van der Waals surface area contributed by atoms with Crippen LogP contribution in [0.25, 0.3) is 0 Å². The Morgan fingerprint density at radius 3 is 2.29 bits per heavy atom. The Balaban J connectivity index is 1.52. The maximum absolute atomic E-state index is 5.85. The molecule has 2 aliphatic heterocycles. The van der Waals surface area contributed by atoms with Crippen LogP contribution in [0.2, 0.25) is 0 Å². The molecule has 3 rings (SSSR count). The van der Waals surface area contributed by atoms with Gasteiger partial charge in [0.1, 0.15) is 0 Å². The van der Waals surface area contributed by atoms with Crippen LogP contribution in [-0.4, -0.2) is 115 Å². The standard InChI is InChI=1S/C22H37N5O4/c1-23-22(24-14-18-16-25(2)10-11-31-18)27-8-6-26(7-9-27)15-17-12-19(28-3)21(30-5)20(13-17)29-4/h12-13,18H,6-11,14-16H2,1-5H3,(H,23,24). The van der Waals surface area contributed by atoms with Crippen LogP contribution in [0.1, 0.15) is 5.56 Å². The van der Waals surface area contributed by atoms with Crippen LogP contribution in [0.4, 0.5) is 0 Å². The quantitative estimate of drug-likeness (QED) is 0.497. The van der Waals surface area contributed by atoms with Crippen molar-refractivity contribution in [3.63, 3.8) is 0 Å². The summed E-state index contributed by atoms with van der Waals surface area (Å²) in [4.78, 5) is 11.5. The van der Waals surface area contributed by atoms with E-state index in [0.717, 1.165) is 70.5 Å². The number of guanidine groups is 1. The number of nitrogens with one attached hydrogen (secondary N) is 1. The van der Waals surface area contributed by atoms with Gasteiger partial charge < -0.3 is 34.1 Å². The third kappa shape index (κ3) is 6.15. The van der Waals surface area contributed by atoms with Gasteiger partial charge >= 0.3 is 0 Å². The van der Waals surface area contributed by atoms with Crippen LogP contribution in [-0.2, 0) is 11.3 Å². The van der Waals surface area contributed by atoms with Crippen molar-refractivity contribution in [1.82, 2.24) is 20.0 Å². The first-order chi connectivity index (χ1) is 15.1. The summed E-state index contributed by atoms with van der Waals surface area (Å²) in [6.45, 7) is 8.12. The van der Waals surface area contributed by atoms with Crippen LogP contribution in [0.15, 0.2) is 17.1 Å². The van der Waals surface area contributed by atoms with Crippen molar-refractivity contribution >= 4 is 5.96 Å². The summed E-state index contributed by atoms with van der Waals surface area (Å²) in [5.41, 5.74) is 1.14. The third-order valence-corrected chi connectivity index (χ3v) is 5.84. The molecule has 2 heterocycles. The molecule has 9 heteroatoms. The van der Waals surface area contributed by atoms with Crippen LogP contribution in [0, 0.1) is 0 Å². The number of hydrogen-bond donors (Lipinski definition) is 1. The molecule has 31 heavy (non-hydrogen) atoms. The molecule has 0 bridgehead atoms. The number of methoxy groups -OCH3 is 3. The van der Waals surface area contributed by atoms with Gasteiger partial charge in [-0.1, -0.05) is 0 Å². The van der Waals surface area contributed by atoms with Crippen molar-refractivity contribution < 1.29 is 18.9 Å². The monoisotopic (exact) mass is 435 g/mol. The minimum absolute atomic E-state index is 0.205. The van der Waals surface area contributed by atoms with Gasteiger partial charge in [-0.25, -0.2) is 0 Å². The van der Waals surface area contributed by atoms with Crippen molar-refractivity contribution in [2.75, 3.05) is 87.8 Å². The molecule has 0 amide bonds. The summed E-state index contributed by atoms with van der Waals surface area (Å²) in [5, 5.41) is 3.50.